The quantitative estimate of drug-likeness (QED) is 0.919. The number of nitrogens with two attached hydrogens (primary N) is 1. The van der Waals surface area contributed by atoms with Crippen molar-refractivity contribution in [1.29, 1.82) is 0 Å². The lowest BCUT2D eigenvalue weighted by Crippen LogP contribution is -2.01. The summed E-state index contributed by atoms with van der Waals surface area (Å²) in [4.78, 5) is 4.28. The molecule has 1 aromatic heterocycles. The van der Waals surface area contributed by atoms with Crippen LogP contribution in [0.3, 0.4) is 0 Å². The van der Waals surface area contributed by atoms with Crippen LogP contribution in [0.5, 0.6) is 11.6 Å². The molecule has 4 heteroatoms. The molecule has 2 rings (SSSR count). The van der Waals surface area contributed by atoms with Crippen LogP contribution < -0.4 is 10.5 Å². The van der Waals surface area contributed by atoms with E-state index >= 15 is 0 Å². The van der Waals surface area contributed by atoms with Crippen molar-refractivity contribution in [1.82, 2.24) is 4.98 Å². The minimum Gasteiger partial charge on any atom is -0.439 e. The average Bonchev–Trinajstić information content (AvgIpc) is 2.36. The molecule has 1 aromatic carbocycles. The number of rotatable bonds is 3. The molecular weight excluding hydrogens is 248 g/mol. The van der Waals surface area contributed by atoms with E-state index in [1.54, 1.807) is 12.1 Å². The third-order valence-corrected chi connectivity index (χ3v) is 2.99. The van der Waals surface area contributed by atoms with Gasteiger partial charge in [-0.2, -0.15) is 0 Å². The van der Waals surface area contributed by atoms with E-state index in [2.05, 4.69) is 4.98 Å². The Labute approximate surface area is 112 Å². The summed E-state index contributed by atoms with van der Waals surface area (Å²) in [7, 11) is 0. The van der Waals surface area contributed by atoms with Gasteiger partial charge < -0.3 is 10.5 Å². The molecule has 0 spiro atoms. The zero-order chi connectivity index (χ0) is 13.1. The Morgan fingerprint density at radius 2 is 2.00 bits per heavy atom. The van der Waals surface area contributed by atoms with Gasteiger partial charge in [-0.05, 0) is 37.1 Å². The second-order valence-corrected chi connectivity index (χ2v) is 4.56. The predicted molar refractivity (Wildman–Crippen MR) is 73.1 cm³/mol. The predicted octanol–water partition coefficient (Wildman–Crippen LogP) is 3.60. The van der Waals surface area contributed by atoms with E-state index in [4.69, 9.17) is 22.1 Å². The second-order valence-electron chi connectivity index (χ2n) is 4.15. The number of pyridine rings is 1. The maximum absolute atomic E-state index is 5.96. The van der Waals surface area contributed by atoms with E-state index in [0.717, 1.165) is 16.9 Å². The SMILES string of the molecule is Cc1ccc(C)c(Oc2ccc(Cl)c(CN)n2)c1. The molecule has 0 saturated heterocycles. The lowest BCUT2D eigenvalue weighted by molar-refractivity contribution is 0.457. The van der Waals surface area contributed by atoms with E-state index in [0.29, 0.717) is 23.1 Å². The van der Waals surface area contributed by atoms with Gasteiger partial charge in [0.15, 0.2) is 0 Å². The number of ether oxygens (including phenoxy) is 1. The third-order valence-electron chi connectivity index (χ3n) is 2.64. The summed E-state index contributed by atoms with van der Waals surface area (Å²) in [5, 5.41) is 0.561. The van der Waals surface area contributed by atoms with E-state index in [-0.39, 0.29) is 0 Å². The summed E-state index contributed by atoms with van der Waals surface area (Å²) in [5.41, 5.74) is 8.41. The van der Waals surface area contributed by atoms with Crippen LogP contribution in [-0.2, 0) is 6.54 Å². The van der Waals surface area contributed by atoms with Gasteiger partial charge in [-0.3, -0.25) is 0 Å². The highest BCUT2D eigenvalue weighted by Crippen LogP contribution is 2.26. The third kappa shape index (κ3) is 2.81. The molecule has 0 amide bonds. The smallest absolute Gasteiger partial charge is 0.219 e. The first-order valence-electron chi connectivity index (χ1n) is 5.70. The molecule has 0 aliphatic rings. The van der Waals surface area contributed by atoms with Gasteiger partial charge in [-0.25, -0.2) is 4.98 Å². The fourth-order valence-corrected chi connectivity index (χ4v) is 1.78. The van der Waals surface area contributed by atoms with Crippen LogP contribution in [0.15, 0.2) is 30.3 Å². The zero-order valence-corrected chi connectivity index (χ0v) is 11.2. The van der Waals surface area contributed by atoms with Gasteiger partial charge in [0.25, 0.3) is 0 Å². The molecule has 1 heterocycles. The summed E-state index contributed by atoms with van der Waals surface area (Å²) in [6.45, 7) is 4.31. The van der Waals surface area contributed by atoms with Crippen molar-refractivity contribution in [3.8, 4) is 11.6 Å². The van der Waals surface area contributed by atoms with Gasteiger partial charge in [0, 0.05) is 12.6 Å². The highest BCUT2D eigenvalue weighted by atomic mass is 35.5. The van der Waals surface area contributed by atoms with Crippen molar-refractivity contribution in [3.63, 3.8) is 0 Å². The van der Waals surface area contributed by atoms with E-state index in [9.17, 15) is 0 Å². The van der Waals surface area contributed by atoms with Crippen molar-refractivity contribution in [2.75, 3.05) is 0 Å². The van der Waals surface area contributed by atoms with Gasteiger partial charge in [-0.1, -0.05) is 23.7 Å². The van der Waals surface area contributed by atoms with Crippen molar-refractivity contribution in [2.24, 2.45) is 5.73 Å². The Hall–Kier alpha value is -1.58. The molecule has 0 fully saturated rings. The molecule has 3 nitrogen and oxygen atoms in total. The van der Waals surface area contributed by atoms with Crippen LogP contribution in [0.25, 0.3) is 0 Å². The number of aromatic nitrogens is 1. The Kier molecular flexibility index (Phi) is 3.84. The fourth-order valence-electron chi connectivity index (χ4n) is 1.59. The molecule has 0 saturated carbocycles. The van der Waals surface area contributed by atoms with Crippen LogP contribution in [0.2, 0.25) is 5.02 Å². The van der Waals surface area contributed by atoms with Gasteiger partial charge in [0.05, 0.1) is 10.7 Å². The maximum Gasteiger partial charge on any atom is 0.219 e. The van der Waals surface area contributed by atoms with Crippen LogP contribution in [-0.4, -0.2) is 4.98 Å². The number of hydrogen-bond acceptors (Lipinski definition) is 3. The van der Waals surface area contributed by atoms with E-state index in [1.165, 1.54) is 0 Å². The molecular formula is C14H15ClN2O. The lowest BCUT2D eigenvalue weighted by atomic mass is 10.1. The van der Waals surface area contributed by atoms with Crippen molar-refractivity contribution in [3.05, 3.63) is 52.2 Å². The zero-order valence-electron chi connectivity index (χ0n) is 10.4. The maximum atomic E-state index is 5.96. The van der Waals surface area contributed by atoms with Crippen molar-refractivity contribution >= 4 is 11.6 Å². The molecule has 0 unspecified atom stereocenters. The molecule has 0 bridgehead atoms. The number of halogens is 1. The summed E-state index contributed by atoms with van der Waals surface area (Å²) >= 11 is 5.96. The second kappa shape index (κ2) is 5.38. The molecule has 2 N–H and O–H groups in total. The Bertz CT molecular complexity index is 570. The van der Waals surface area contributed by atoms with Gasteiger partial charge >= 0.3 is 0 Å². The van der Waals surface area contributed by atoms with Gasteiger partial charge in [0.1, 0.15) is 5.75 Å². The van der Waals surface area contributed by atoms with Crippen LogP contribution >= 0.6 is 11.6 Å². The van der Waals surface area contributed by atoms with Gasteiger partial charge in [0.2, 0.25) is 5.88 Å². The average molecular weight is 263 g/mol. The molecule has 0 radical (unpaired) electrons. The molecule has 0 aliphatic carbocycles. The molecule has 2 aromatic rings. The summed E-state index contributed by atoms with van der Waals surface area (Å²) in [6, 6.07) is 9.53. The molecule has 0 aliphatic heterocycles. The Balaban J connectivity index is 2.31. The number of aryl methyl sites for hydroxylation is 2. The molecule has 94 valence electrons. The fraction of sp³-hybridized carbons (Fsp3) is 0.214. The van der Waals surface area contributed by atoms with Crippen LogP contribution in [0.4, 0.5) is 0 Å². The Morgan fingerprint density at radius 3 is 2.72 bits per heavy atom. The van der Waals surface area contributed by atoms with Crippen LogP contribution in [0.1, 0.15) is 16.8 Å². The monoisotopic (exact) mass is 262 g/mol. The summed E-state index contributed by atoms with van der Waals surface area (Å²) in [5.74, 6) is 1.31. The normalized spacial score (nSPS) is 10.4. The minimum absolute atomic E-state index is 0.294. The highest BCUT2D eigenvalue weighted by Gasteiger charge is 2.06. The molecule has 0 atom stereocenters. The number of nitrogens with zero attached hydrogens (tertiary/aromatic N) is 1. The van der Waals surface area contributed by atoms with Crippen LogP contribution in [0, 0.1) is 13.8 Å². The lowest BCUT2D eigenvalue weighted by Gasteiger charge is -2.10. The van der Waals surface area contributed by atoms with E-state index < -0.39 is 0 Å². The summed E-state index contributed by atoms with van der Waals surface area (Å²) < 4.78 is 5.76. The van der Waals surface area contributed by atoms with Crippen molar-refractivity contribution in [2.45, 2.75) is 20.4 Å². The standard InChI is InChI=1S/C14H15ClN2O/c1-9-3-4-10(2)13(7-9)18-14-6-5-11(15)12(8-16)17-14/h3-7H,8,16H2,1-2H3. The first kappa shape index (κ1) is 12.9. The Morgan fingerprint density at radius 1 is 1.22 bits per heavy atom. The van der Waals surface area contributed by atoms with Crippen molar-refractivity contribution < 1.29 is 4.74 Å². The number of benzene rings is 1. The largest absolute Gasteiger partial charge is 0.439 e. The van der Waals surface area contributed by atoms with Gasteiger partial charge in [-0.15, -0.1) is 0 Å². The van der Waals surface area contributed by atoms with E-state index in [1.807, 2.05) is 32.0 Å². The first-order chi connectivity index (χ1) is 8.60. The minimum atomic E-state index is 0.294. The highest BCUT2D eigenvalue weighted by molar-refractivity contribution is 6.31. The summed E-state index contributed by atoms with van der Waals surface area (Å²) in [6.07, 6.45) is 0. The topological polar surface area (TPSA) is 48.1 Å². The first-order valence-corrected chi connectivity index (χ1v) is 6.08. The molecule has 18 heavy (non-hydrogen) atoms. The number of hydrogen-bond donors (Lipinski definition) is 1.